The molecular weight excluding hydrogens is 618 g/mol. The maximum atomic E-state index is 14.3. The number of hydrogen-bond donors (Lipinski definition) is 1. The fourth-order valence-electron chi connectivity index (χ4n) is 4.55. The lowest BCUT2D eigenvalue weighted by Gasteiger charge is -2.33. The van der Waals surface area contributed by atoms with Crippen LogP contribution in [0, 0.1) is 0 Å². The van der Waals surface area contributed by atoms with Crippen molar-refractivity contribution in [3.63, 3.8) is 0 Å². The highest BCUT2D eigenvalue weighted by Crippen LogP contribution is 2.27. The van der Waals surface area contributed by atoms with Gasteiger partial charge in [0.05, 0.1) is 17.7 Å². The number of likely N-dealkylation sites (N-methyl/N-ethyl adjacent to an activating group) is 1. The zero-order valence-electron chi connectivity index (χ0n) is 23.3. The summed E-state index contributed by atoms with van der Waals surface area (Å²) in [5.74, 6) is -0.347. The molecule has 0 saturated carbocycles. The molecule has 1 N–H and O–H groups in total. The first-order valence-electron chi connectivity index (χ1n) is 13.2. The molecule has 0 fully saturated rings. The van der Waals surface area contributed by atoms with Crippen molar-refractivity contribution in [2.75, 3.05) is 25.0 Å². The Kier molecular flexibility index (Phi) is 10.4. The van der Waals surface area contributed by atoms with Gasteiger partial charge in [0.15, 0.2) is 0 Å². The van der Waals surface area contributed by atoms with Gasteiger partial charge in [0.1, 0.15) is 18.3 Å². The third kappa shape index (κ3) is 7.57. The number of methoxy groups -OCH3 is 1. The van der Waals surface area contributed by atoms with E-state index in [9.17, 15) is 18.0 Å². The first-order valence-corrected chi connectivity index (χ1v) is 15.5. The molecule has 4 aromatic rings. The molecule has 0 aromatic heterocycles. The number of benzene rings is 4. The average molecular weight is 651 g/mol. The minimum Gasteiger partial charge on any atom is -0.497 e. The molecule has 1 atom stereocenters. The summed E-state index contributed by atoms with van der Waals surface area (Å²) in [5.41, 5.74) is 1.93. The summed E-state index contributed by atoms with van der Waals surface area (Å²) in [7, 11) is -1.12. The summed E-state index contributed by atoms with van der Waals surface area (Å²) in [5, 5.41) is 2.68. The molecule has 0 saturated heterocycles. The number of nitrogens with zero attached hydrogens (tertiary/aromatic N) is 2. The number of ether oxygens (including phenoxy) is 1. The number of carbonyl (C=O) groups excluding carboxylic acids is 2. The number of amides is 2. The van der Waals surface area contributed by atoms with Crippen LogP contribution in [0.4, 0.5) is 5.69 Å². The van der Waals surface area contributed by atoms with E-state index in [1.807, 2.05) is 54.6 Å². The Morgan fingerprint density at radius 3 is 2.07 bits per heavy atom. The van der Waals surface area contributed by atoms with E-state index in [1.54, 1.807) is 42.5 Å². The van der Waals surface area contributed by atoms with Gasteiger partial charge in [0.2, 0.25) is 11.8 Å². The number of sulfonamides is 1. The number of anilines is 1. The molecule has 8 nitrogen and oxygen atoms in total. The van der Waals surface area contributed by atoms with Gasteiger partial charge in [-0.05, 0) is 59.7 Å². The Morgan fingerprint density at radius 1 is 0.857 bits per heavy atom. The van der Waals surface area contributed by atoms with Crippen LogP contribution in [0.25, 0.3) is 0 Å². The highest BCUT2D eigenvalue weighted by molar-refractivity contribution is 9.10. The monoisotopic (exact) mass is 649 g/mol. The van der Waals surface area contributed by atoms with Gasteiger partial charge < -0.3 is 15.0 Å². The van der Waals surface area contributed by atoms with Crippen LogP contribution < -0.4 is 14.4 Å². The summed E-state index contributed by atoms with van der Waals surface area (Å²) >= 11 is 3.48. The molecule has 0 aliphatic rings. The van der Waals surface area contributed by atoms with Crippen molar-refractivity contribution in [1.82, 2.24) is 10.2 Å². The molecule has 0 bridgehead atoms. The SMILES string of the molecule is CNC(=O)[C@@H](Cc1ccccc1)N(Cc1cccc(Br)c1)C(=O)CN(c1ccc(OC)cc1)S(=O)(=O)c1ccccc1. The van der Waals surface area contributed by atoms with Crippen molar-refractivity contribution in [2.24, 2.45) is 0 Å². The highest BCUT2D eigenvalue weighted by atomic mass is 79.9. The van der Waals surface area contributed by atoms with Crippen molar-refractivity contribution < 1.29 is 22.7 Å². The molecule has 0 heterocycles. The minimum absolute atomic E-state index is 0.0410. The molecule has 0 radical (unpaired) electrons. The van der Waals surface area contributed by atoms with Crippen molar-refractivity contribution in [2.45, 2.75) is 23.9 Å². The van der Waals surface area contributed by atoms with Gasteiger partial charge in [-0.2, -0.15) is 0 Å². The summed E-state index contributed by atoms with van der Waals surface area (Å²) in [6.45, 7) is -0.440. The lowest BCUT2D eigenvalue weighted by molar-refractivity contribution is -0.139. The number of rotatable bonds is 12. The fourth-order valence-corrected chi connectivity index (χ4v) is 6.43. The van der Waals surface area contributed by atoms with E-state index in [0.717, 1.165) is 19.9 Å². The van der Waals surface area contributed by atoms with E-state index in [2.05, 4.69) is 21.2 Å². The van der Waals surface area contributed by atoms with Crippen LogP contribution in [-0.4, -0.2) is 51.9 Å². The second kappa shape index (κ2) is 14.2. The Bertz CT molecular complexity index is 1600. The topological polar surface area (TPSA) is 96.0 Å². The Labute approximate surface area is 255 Å². The van der Waals surface area contributed by atoms with Gasteiger partial charge in [-0.1, -0.05) is 76.6 Å². The summed E-state index contributed by atoms with van der Waals surface area (Å²) in [4.78, 5) is 29.1. The predicted octanol–water partition coefficient (Wildman–Crippen LogP) is 5.04. The number of halogens is 1. The zero-order chi connectivity index (χ0) is 30.1. The van der Waals surface area contributed by atoms with Crippen LogP contribution >= 0.6 is 15.9 Å². The van der Waals surface area contributed by atoms with Crippen LogP contribution in [0.5, 0.6) is 5.75 Å². The molecule has 10 heteroatoms. The number of hydrogen-bond acceptors (Lipinski definition) is 5. The van der Waals surface area contributed by atoms with Gasteiger partial charge in [-0.3, -0.25) is 13.9 Å². The molecule has 4 aromatic carbocycles. The smallest absolute Gasteiger partial charge is 0.264 e. The highest BCUT2D eigenvalue weighted by Gasteiger charge is 2.34. The molecule has 0 aliphatic carbocycles. The molecule has 0 aliphatic heterocycles. The van der Waals surface area contributed by atoms with E-state index >= 15 is 0 Å². The maximum Gasteiger partial charge on any atom is 0.264 e. The molecule has 2 amide bonds. The van der Waals surface area contributed by atoms with E-state index in [0.29, 0.717) is 5.75 Å². The number of nitrogens with one attached hydrogen (secondary N) is 1. The molecule has 0 unspecified atom stereocenters. The Balaban J connectivity index is 1.78. The first-order chi connectivity index (χ1) is 20.2. The van der Waals surface area contributed by atoms with E-state index in [-0.39, 0.29) is 29.5 Å². The normalized spacial score (nSPS) is 11.8. The van der Waals surface area contributed by atoms with Gasteiger partial charge in [0.25, 0.3) is 10.0 Å². The van der Waals surface area contributed by atoms with E-state index in [4.69, 9.17) is 4.74 Å². The summed E-state index contributed by atoms with van der Waals surface area (Å²) in [6, 6.07) is 30.3. The first kappa shape index (κ1) is 30.8. The lowest BCUT2D eigenvalue weighted by atomic mass is 10.0. The molecule has 0 spiro atoms. The molecule has 4 rings (SSSR count). The van der Waals surface area contributed by atoms with Gasteiger partial charge in [-0.25, -0.2) is 8.42 Å². The van der Waals surface area contributed by atoms with Gasteiger partial charge in [-0.15, -0.1) is 0 Å². The van der Waals surface area contributed by atoms with E-state index < -0.39 is 28.5 Å². The molecule has 42 heavy (non-hydrogen) atoms. The summed E-state index contributed by atoms with van der Waals surface area (Å²) < 4.78 is 35.0. The molecule has 218 valence electrons. The van der Waals surface area contributed by atoms with Crippen LogP contribution in [0.15, 0.2) is 119 Å². The predicted molar refractivity (Wildman–Crippen MR) is 167 cm³/mol. The Morgan fingerprint density at radius 2 is 1.48 bits per heavy atom. The maximum absolute atomic E-state index is 14.3. The van der Waals surface area contributed by atoms with Crippen LogP contribution in [-0.2, 0) is 32.6 Å². The van der Waals surface area contributed by atoms with Crippen LogP contribution in [0.3, 0.4) is 0 Å². The largest absolute Gasteiger partial charge is 0.497 e. The second-order valence-electron chi connectivity index (χ2n) is 9.49. The van der Waals surface area contributed by atoms with Crippen LogP contribution in [0.2, 0.25) is 0 Å². The Hall–Kier alpha value is -4.15. The third-order valence-electron chi connectivity index (χ3n) is 6.73. The second-order valence-corrected chi connectivity index (χ2v) is 12.3. The number of carbonyl (C=O) groups is 2. The van der Waals surface area contributed by atoms with E-state index in [1.165, 1.54) is 31.2 Å². The quantitative estimate of drug-likeness (QED) is 0.232. The molecular formula is C32H32BrN3O5S. The third-order valence-corrected chi connectivity index (χ3v) is 9.01. The van der Waals surface area contributed by atoms with Gasteiger partial charge >= 0.3 is 0 Å². The van der Waals surface area contributed by atoms with Gasteiger partial charge in [0, 0.05) is 24.5 Å². The van der Waals surface area contributed by atoms with Crippen molar-refractivity contribution in [1.29, 1.82) is 0 Å². The summed E-state index contributed by atoms with van der Waals surface area (Å²) in [6.07, 6.45) is 0.244. The fraction of sp³-hybridized carbons (Fsp3) is 0.188. The standard InChI is InChI=1S/C32H32BrN3O5S/c1-34-32(38)30(21-24-10-5-3-6-11-24)35(22-25-12-9-13-26(33)20-25)31(37)23-36(27-16-18-28(41-2)19-17-27)42(39,40)29-14-7-4-8-15-29/h3-20,30H,21-23H2,1-2H3,(H,34,38)/t30-/m1/s1. The lowest BCUT2D eigenvalue weighted by Crippen LogP contribution is -2.53. The van der Waals surface area contributed by atoms with Crippen molar-refractivity contribution in [3.8, 4) is 5.75 Å². The van der Waals surface area contributed by atoms with Crippen molar-refractivity contribution in [3.05, 3.63) is 125 Å². The van der Waals surface area contributed by atoms with Crippen molar-refractivity contribution >= 4 is 43.5 Å². The zero-order valence-corrected chi connectivity index (χ0v) is 25.7. The van der Waals surface area contributed by atoms with Crippen LogP contribution in [0.1, 0.15) is 11.1 Å². The average Bonchev–Trinajstić information content (AvgIpc) is 3.02. The minimum atomic E-state index is -4.16.